The van der Waals surface area contributed by atoms with Crippen LogP contribution < -0.4 is 16.3 Å². The van der Waals surface area contributed by atoms with Crippen LogP contribution in [0.2, 0.25) is 0 Å². The predicted molar refractivity (Wildman–Crippen MR) is 142 cm³/mol. The average Bonchev–Trinajstić information content (AvgIpc) is 3.05. The van der Waals surface area contributed by atoms with Gasteiger partial charge in [-0.1, -0.05) is 50.2 Å². The van der Waals surface area contributed by atoms with Crippen LogP contribution in [0.25, 0.3) is 0 Å². The number of rotatable bonds is 7. The van der Waals surface area contributed by atoms with Crippen molar-refractivity contribution in [3.05, 3.63) is 87.3 Å². The molecule has 11 heteroatoms. The van der Waals surface area contributed by atoms with E-state index < -0.39 is 28.4 Å². The van der Waals surface area contributed by atoms with E-state index in [0.717, 1.165) is 11.3 Å². The summed E-state index contributed by atoms with van der Waals surface area (Å²) in [5.41, 5.74) is 3.53. The van der Waals surface area contributed by atoms with Crippen LogP contribution in [-0.2, 0) is 23.2 Å². The molecule has 0 aliphatic carbocycles. The Kier molecular flexibility index (Phi) is 7.96. The second kappa shape index (κ2) is 11.3. The Balaban J connectivity index is 1.50. The topological polar surface area (TPSA) is 130 Å². The molecule has 0 radical (unpaired) electrons. The number of benzene rings is 2. The fourth-order valence-corrected chi connectivity index (χ4v) is 4.01. The highest BCUT2D eigenvalue weighted by molar-refractivity contribution is 6.02. The number of amides is 1. The van der Waals surface area contributed by atoms with Crippen LogP contribution in [0.5, 0.6) is 5.75 Å². The number of anilines is 1. The lowest BCUT2D eigenvalue weighted by molar-refractivity contribution is 0.0939. The average molecular weight is 521 g/mol. The number of aliphatic imine (C=N–C) groups is 1. The zero-order chi connectivity index (χ0) is 27.3. The third kappa shape index (κ3) is 5.94. The van der Waals surface area contributed by atoms with Gasteiger partial charge in [-0.3, -0.25) is 19.6 Å². The first-order valence-corrected chi connectivity index (χ1v) is 12.0. The summed E-state index contributed by atoms with van der Waals surface area (Å²) in [6.07, 6.45) is 1.31. The molecule has 3 N–H and O–H groups in total. The fraction of sp³-hybridized carbons (Fsp3) is 0.296. The van der Waals surface area contributed by atoms with Gasteiger partial charge in [-0.05, 0) is 30.2 Å². The summed E-state index contributed by atoms with van der Waals surface area (Å²) >= 11 is 0. The van der Waals surface area contributed by atoms with E-state index in [1.807, 2.05) is 51.1 Å². The molecule has 0 saturated carbocycles. The van der Waals surface area contributed by atoms with Crippen molar-refractivity contribution >= 4 is 23.6 Å². The molecular weight excluding hydrogens is 491 g/mol. The van der Waals surface area contributed by atoms with Crippen molar-refractivity contribution in [1.82, 2.24) is 14.9 Å². The van der Waals surface area contributed by atoms with Gasteiger partial charge in [0.15, 0.2) is 5.69 Å². The van der Waals surface area contributed by atoms with E-state index in [-0.39, 0.29) is 18.8 Å². The first-order valence-electron chi connectivity index (χ1n) is 12.0. The molecule has 0 atom stereocenters. The van der Waals surface area contributed by atoms with Gasteiger partial charge in [-0.15, -0.1) is 0 Å². The molecular formula is C27H29FN6O4. The van der Waals surface area contributed by atoms with Crippen LogP contribution in [0.4, 0.5) is 10.1 Å². The maximum atomic E-state index is 13.9. The van der Waals surface area contributed by atoms with Crippen LogP contribution in [-0.4, -0.2) is 45.8 Å². The van der Waals surface area contributed by atoms with E-state index in [0.29, 0.717) is 30.3 Å². The zero-order valence-corrected chi connectivity index (χ0v) is 21.4. The molecule has 0 saturated heterocycles. The van der Waals surface area contributed by atoms with Crippen molar-refractivity contribution in [2.75, 3.05) is 18.6 Å². The van der Waals surface area contributed by atoms with Crippen molar-refractivity contribution in [2.24, 2.45) is 10.1 Å². The molecule has 1 amide bonds. The summed E-state index contributed by atoms with van der Waals surface area (Å²) in [6.45, 7) is 6.31. The molecule has 1 aromatic heterocycles. The monoisotopic (exact) mass is 520 g/mol. The number of hydrazone groups is 1. The van der Waals surface area contributed by atoms with Gasteiger partial charge in [-0.2, -0.15) is 5.10 Å². The maximum absolute atomic E-state index is 13.9. The second-order valence-corrected chi connectivity index (χ2v) is 9.45. The van der Waals surface area contributed by atoms with Gasteiger partial charge in [0, 0.05) is 17.7 Å². The number of halogens is 1. The lowest BCUT2D eigenvalue weighted by Gasteiger charge is -2.24. The van der Waals surface area contributed by atoms with Crippen molar-refractivity contribution < 1.29 is 19.0 Å². The Bertz CT molecular complexity index is 1450. The molecule has 2 heterocycles. The standard InChI is InChI=1S/C27H29FN6O4/c1-17(18-7-5-4-6-8-18)30-16-31-33-21-13-20(28)10-9-19(21)14-29-24(36)22-23(35)25(37)34-11-12-38-15-27(2,3)26(34)32-22/h4-10,13,16,33,35H,11-12,14-15H2,1-3H3,(H,29,36)/b30-17?,31-16-. The Morgan fingerprint density at radius 3 is 2.79 bits per heavy atom. The lowest BCUT2D eigenvalue weighted by atomic mass is 9.93. The van der Waals surface area contributed by atoms with E-state index in [1.54, 1.807) is 0 Å². The molecule has 1 aliphatic rings. The molecule has 4 rings (SSSR count). The molecule has 0 bridgehead atoms. The van der Waals surface area contributed by atoms with E-state index in [4.69, 9.17) is 4.74 Å². The third-order valence-electron chi connectivity index (χ3n) is 6.08. The molecule has 0 fully saturated rings. The number of ether oxygens (including phenoxy) is 1. The highest BCUT2D eigenvalue weighted by Crippen LogP contribution is 2.25. The quantitative estimate of drug-likeness (QED) is 0.249. The van der Waals surface area contributed by atoms with Crippen molar-refractivity contribution in [3.63, 3.8) is 0 Å². The van der Waals surface area contributed by atoms with Crippen LogP contribution in [0.1, 0.15) is 48.2 Å². The van der Waals surface area contributed by atoms with Crippen LogP contribution >= 0.6 is 0 Å². The molecule has 198 valence electrons. The number of nitrogens with one attached hydrogen (secondary N) is 2. The fourth-order valence-electron chi connectivity index (χ4n) is 4.01. The Hall–Kier alpha value is -4.38. The van der Waals surface area contributed by atoms with Gasteiger partial charge in [0.05, 0.1) is 25.4 Å². The Morgan fingerprint density at radius 1 is 1.26 bits per heavy atom. The Labute approximate surface area is 218 Å². The minimum absolute atomic E-state index is 0.0463. The highest BCUT2D eigenvalue weighted by Gasteiger charge is 2.32. The first-order chi connectivity index (χ1) is 18.2. The number of carbonyl (C=O) groups is 1. The normalized spacial score (nSPS) is 15.1. The highest BCUT2D eigenvalue weighted by atomic mass is 19.1. The summed E-state index contributed by atoms with van der Waals surface area (Å²) < 4.78 is 20.8. The smallest absolute Gasteiger partial charge is 0.296 e. The van der Waals surface area contributed by atoms with Crippen LogP contribution in [0, 0.1) is 5.82 Å². The van der Waals surface area contributed by atoms with Gasteiger partial charge in [-0.25, -0.2) is 14.4 Å². The molecule has 10 nitrogen and oxygen atoms in total. The number of fused-ring (bicyclic) bond motifs is 1. The van der Waals surface area contributed by atoms with Crippen molar-refractivity contribution in [3.8, 4) is 5.75 Å². The summed E-state index contributed by atoms with van der Waals surface area (Å²) in [5.74, 6) is -1.62. The van der Waals surface area contributed by atoms with E-state index >= 15 is 0 Å². The van der Waals surface area contributed by atoms with Crippen molar-refractivity contribution in [1.29, 1.82) is 0 Å². The van der Waals surface area contributed by atoms with Crippen LogP contribution in [0.15, 0.2) is 63.4 Å². The van der Waals surface area contributed by atoms with Gasteiger partial charge < -0.3 is 15.2 Å². The van der Waals surface area contributed by atoms with E-state index in [9.17, 15) is 19.1 Å². The lowest BCUT2D eigenvalue weighted by Crippen LogP contribution is -2.36. The SMILES string of the molecule is CC(=N/C=N\Nc1cc(F)ccc1CNC(=O)c1nc2n(c(=O)c1O)CCOCC2(C)C)c1ccccc1. The Morgan fingerprint density at radius 2 is 2.03 bits per heavy atom. The summed E-state index contributed by atoms with van der Waals surface area (Å²) in [5, 5.41) is 17.1. The van der Waals surface area contributed by atoms with Gasteiger partial charge >= 0.3 is 0 Å². The summed E-state index contributed by atoms with van der Waals surface area (Å²) in [6, 6.07) is 13.6. The maximum Gasteiger partial charge on any atom is 0.296 e. The summed E-state index contributed by atoms with van der Waals surface area (Å²) in [7, 11) is 0. The largest absolute Gasteiger partial charge is 0.501 e. The number of nitrogens with zero attached hydrogens (tertiary/aromatic N) is 4. The molecule has 1 aliphatic heterocycles. The first kappa shape index (κ1) is 26.7. The third-order valence-corrected chi connectivity index (χ3v) is 6.08. The van der Waals surface area contributed by atoms with Crippen LogP contribution in [0.3, 0.4) is 0 Å². The number of aromatic nitrogens is 2. The number of carbonyl (C=O) groups excluding carboxylic acids is 1. The molecule has 0 spiro atoms. The molecule has 0 unspecified atom stereocenters. The molecule has 38 heavy (non-hydrogen) atoms. The number of hydrogen-bond donors (Lipinski definition) is 3. The molecule has 2 aromatic carbocycles. The minimum atomic E-state index is -0.745. The minimum Gasteiger partial charge on any atom is -0.501 e. The van der Waals surface area contributed by atoms with Gasteiger partial charge in [0.2, 0.25) is 5.75 Å². The zero-order valence-electron chi connectivity index (χ0n) is 21.4. The summed E-state index contributed by atoms with van der Waals surface area (Å²) in [4.78, 5) is 34.4. The second-order valence-electron chi connectivity index (χ2n) is 9.45. The predicted octanol–water partition coefficient (Wildman–Crippen LogP) is 3.19. The van der Waals surface area contributed by atoms with Crippen molar-refractivity contribution in [2.45, 2.75) is 39.3 Å². The van der Waals surface area contributed by atoms with E-state index in [2.05, 4.69) is 25.8 Å². The van der Waals surface area contributed by atoms with Gasteiger partial charge in [0.25, 0.3) is 11.5 Å². The number of hydrogen-bond acceptors (Lipinski definition) is 7. The van der Waals surface area contributed by atoms with E-state index in [1.165, 1.54) is 29.1 Å². The number of aromatic hydroxyl groups is 1. The molecule has 3 aromatic rings. The van der Waals surface area contributed by atoms with Gasteiger partial charge in [0.1, 0.15) is 18.0 Å².